The lowest BCUT2D eigenvalue weighted by atomic mass is 9.87. The second-order valence-electron chi connectivity index (χ2n) is 5.31. The van der Waals surface area contributed by atoms with Gasteiger partial charge in [-0.3, -0.25) is 0 Å². The lowest BCUT2D eigenvalue weighted by Crippen LogP contribution is -2.44. The van der Waals surface area contributed by atoms with E-state index in [0.717, 1.165) is 19.0 Å². The van der Waals surface area contributed by atoms with Gasteiger partial charge >= 0.3 is 0 Å². The maximum absolute atomic E-state index is 6.06. The van der Waals surface area contributed by atoms with E-state index in [1.165, 1.54) is 12.8 Å². The van der Waals surface area contributed by atoms with Crippen molar-refractivity contribution in [1.29, 1.82) is 0 Å². The fourth-order valence-corrected chi connectivity index (χ4v) is 1.33. The van der Waals surface area contributed by atoms with Crippen LogP contribution in [0.3, 0.4) is 0 Å². The van der Waals surface area contributed by atoms with Gasteiger partial charge in [0, 0.05) is 12.6 Å². The molecule has 1 unspecified atom stereocenters. The van der Waals surface area contributed by atoms with Crippen molar-refractivity contribution in [2.45, 2.75) is 53.5 Å². The lowest BCUT2D eigenvalue weighted by Gasteiger charge is -2.28. The van der Waals surface area contributed by atoms with Crippen LogP contribution in [0, 0.1) is 11.3 Å². The fourth-order valence-electron chi connectivity index (χ4n) is 1.33. The highest BCUT2D eigenvalue weighted by atomic mass is 14.9. The van der Waals surface area contributed by atoms with E-state index in [4.69, 9.17) is 5.73 Å². The van der Waals surface area contributed by atoms with Crippen molar-refractivity contribution in [1.82, 2.24) is 5.32 Å². The zero-order valence-electron chi connectivity index (χ0n) is 10.6. The van der Waals surface area contributed by atoms with Gasteiger partial charge in [0.05, 0.1) is 0 Å². The summed E-state index contributed by atoms with van der Waals surface area (Å²) in [6.45, 7) is 13.1. The van der Waals surface area contributed by atoms with Crippen LogP contribution in [0.4, 0.5) is 0 Å². The van der Waals surface area contributed by atoms with Crippen molar-refractivity contribution in [3.05, 3.63) is 0 Å². The third-order valence-corrected chi connectivity index (χ3v) is 3.06. The predicted molar refractivity (Wildman–Crippen MR) is 64.4 cm³/mol. The highest BCUT2D eigenvalue weighted by molar-refractivity contribution is 4.79. The summed E-state index contributed by atoms with van der Waals surface area (Å²) in [5.41, 5.74) is 6.27. The molecule has 0 amide bonds. The number of nitrogens with two attached hydrogens (primary N) is 1. The Morgan fingerprint density at radius 1 is 1.07 bits per heavy atom. The first kappa shape index (κ1) is 13.9. The SMILES string of the molecule is CCC(CC)CNCC(N)C(C)(C)C. The van der Waals surface area contributed by atoms with Crippen LogP contribution in [-0.4, -0.2) is 19.1 Å². The van der Waals surface area contributed by atoms with Crippen LogP contribution < -0.4 is 11.1 Å². The molecule has 0 aliphatic rings. The van der Waals surface area contributed by atoms with Gasteiger partial charge in [0.25, 0.3) is 0 Å². The summed E-state index contributed by atoms with van der Waals surface area (Å²) >= 11 is 0. The summed E-state index contributed by atoms with van der Waals surface area (Å²) in [5.74, 6) is 0.808. The van der Waals surface area contributed by atoms with E-state index >= 15 is 0 Å². The molecule has 0 rings (SSSR count). The molecule has 86 valence electrons. The van der Waals surface area contributed by atoms with E-state index in [2.05, 4.69) is 39.9 Å². The summed E-state index contributed by atoms with van der Waals surface area (Å²) in [7, 11) is 0. The van der Waals surface area contributed by atoms with Gasteiger partial charge in [0.15, 0.2) is 0 Å². The van der Waals surface area contributed by atoms with Gasteiger partial charge in [-0.1, -0.05) is 47.5 Å². The zero-order chi connectivity index (χ0) is 11.2. The van der Waals surface area contributed by atoms with Crippen LogP contribution in [0.2, 0.25) is 0 Å². The quantitative estimate of drug-likeness (QED) is 0.691. The van der Waals surface area contributed by atoms with Crippen molar-refractivity contribution >= 4 is 0 Å². The van der Waals surface area contributed by atoms with Crippen molar-refractivity contribution in [3.63, 3.8) is 0 Å². The number of hydrogen-bond donors (Lipinski definition) is 2. The van der Waals surface area contributed by atoms with E-state index in [0.29, 0.717) is 0 Å². The van der Waals surface area contributed by atoms with Gasteiger partial charge in [-0.05, 0) is 17.9 Å². The van der Waals surface area contributed by atoms with Crippen LogP contribution >= 0.6 is 0 Å². The topological polar surface area (TPSA) is 38.0 Å². The largest absolute Gasteiger partial charge is 0.326 e. The molecule has 0 radical (unpaired) electrons. The van der Waals surface area contributed by atoms with Crippen molar-refractivity contribution < 1.29 is 0 Å². The van der Waals surface area contributed by atoms with Crippen molar-refractivity contribution in [2.75, 3.05) is 13.1 Å². The fraction of sp³-hybridized carbons (Fsp3) is 1.00. The normalized spacial score (nSPS) is 14.8. The van der Waals surface area contributed by atoms with Crippen LogP contribution in [0.25, 0.3) is 0 Å². The summed E-state index contributed by atoms with van der Waals surface area (Å²) < 4.78 is 0. The van der Waals surface area contributed by atoms with Gasteiger partial charge in [-0.2, -0.15) is 0 Å². The molecular formula is C12H28N2. The van der Waals surface area contributed by atoms with Gasteiger partial charge < -0.3 is 11.1 Å². The maximum atomic E-state index is 6.06. The third-order valence-electron chi connectivity index (χ3n) is 3.06. The molecule has 0 fully saturated rings. The summed E-state index contributed by atoms with van der Waals surface area (Å²) in [4.78, 5) is 0. The Hall–Kier alpha value is -0.0800. The highest BCUT2D eigenvalue weighted by Gasteiger charge is 2.19. The molecule has 0 spiro atoms. The van der Waals surface area contributed by atoms with Crippen LogP contribution in [0.5, 0.6) is 0 Å². The van der Waals surface area contributed by atoms with E-state index < -0.39 is 0 Å². The molecule has 2 heteroatoms. The van der Waals surface area contributed by atoms with Gasteiger partial charge in [-0.25, -0.2) is 0 Å². The third kappa shape index (κ3) is 5.61. The Morgan fingerprint density at radius 3 is 1.93 bits per heavy atom. The molecule has 0 aliphatic carbocycles. The number of hydrogen-bond acceptors (Lipinski definition) is 2. The van der Waals surface area contributed by atoms with Crippen LogP contribution in [0.15, 0.2) is 0 Å². The molecule has 0 saturated carbocycles. The molecule has 0 saturated heterocycles. The maximum Gasteiger partial charge on any atom is 0.0214 e. The second kappa shape index (κ2) is 6.41. The molecule has 0 bridgehead atoms. The average Bonchev–Trinajstić information content (AvgIpc) is 2.10. The highest BCUT2D eigenvalue weighted by Crippen LogP contribution is 2.16. The number of rotatable bonds is 6. The summed E-state index contributed by atoms with van der Waals surface area (Å²) in [6.07, 6.45) is 2.52. The second-order valence-corrected chi connectivity index (χ2v) is 5.31. The minimum Gasteiger partial charge on any atom is -0.326 e. The predicted octanol–water partition coefficient (Wildman–Crippen LogP) is 2.39. The van der Waals surface area contributed by atoms with Crippen LogP contribution in [-0.2, 0) is 0 Å². The average molecular weight is 200 g/mol. The molecule has 1 atom stereocenters. The molecule has 0 aromatic heterocycles. The molecule has 0 aromatic rings. The smallest absolute Gasteiger partial charge is 0.0214 e. The van der Waals surface area contributed by atoms with Crippen molar-refractivity contribution in [2.24, 2.45) is 17.1 Å². The van der Waals surface area contributed by atoms with E-state index in [-0.39, 0.29) is 11.5 Å². The van der Waals surface area contributed by atoms with Gasteiger partial charge in [0.1, 0.15) is 0 Å². The molecule has 0 aromatic carbocycles. The Labute approximate surface area is 89.6 Å². The van der Waals surface area contributed by atoms with Gasteiger partial charge in [-0.15, -0.1) is 0 Å². The zero-order valence-corrected chi connectivity index (χ0v) is 10.6. The molecule has 0 heterocycles. The minimum absolute atomic E-state index is 0.209. The Morgan fingerprint density at radius 2 is 1.57 bits per heavy atom. The monoisotopic (exact) mass is 200 g/mol. The lowest BCUT2D eigenvalue weighted by molar-refractivity contribution is 0.302. The molecule has 14 heavy (non-hydrogen) atoms. The number of nitrogens with one attached hydrogen (secondary N) is 1. The first-order valence-corrected chi connectivity index (χ1v) is 5.88. The molecule has 0 aliphatic heterocycles. The molecule has 2 nitrogen and oxygen atoms in total. The first-order valence-electron chi connectivity index (χ1n) is 5.88. The molecular weight excluding hydrogens is 172 g/mol. The minimum atomic E-state index is 0.209. The Kier molecular flexibility index (Phi) is 6.38. The first-order chi connectivity index (χ1) is 6.41. The summed E-state index contributed by atoms with van der Waals surface area (Å²) in [5, 5.41) is 3.47. The Balaban J connectivity index is 3.63. The van der Waals surface area contributed by atoms with Crippen LogP contribution in [0.1, 0.15) is 47.5 Å². The van der Waals surface area contributed by atoms with E-state index in [1.807, 2.05) is 0 Å². The van der Waals surface area contributed by atoms with Crippen molar-refractivity contribution in [3.8, 4) is 0 Å². The summed E-state index contributed by atoms with van der Waals surface area (Å²) in [6, 6.07) is 0.247. The van der Waals surface area contributed by atoms with Gasteiger partial charge in [0.2, 0.25) is 0 Å². The molecule has 3 N–H and O–H groups in total. The van der Waals surface area contributed by atoms with E-state index in [1.54, 1.807) is 0 Å². The standard InChI is InChI=1S/C12H28N2/c1-6-10(7-2)8-14-9-11(13)12(3,4)5/h10-11,14H,6-9,13H2,1-5H3. The van der Waals surface area contributed by atoms with E-state index in [9.17, 15) is 0 Å². The Bertz CT molecular complexity index is 134.